The number of hydrogen-bond acceptors (Lipinski definition) is 1. The van der Waals surface area contributed by atoms with Crippen molar-refractivity contribution in [3.63, 3.8) is 0 Å². The maximum absolute atomic E-state index is 5.34. The summed E-state index contributed by atoms with van der Waals surface area (Å²) in [6.45, 7) is 2.04. The Hall–Kier alpha value is -1.28. The predicted octanol–water partition coefficient (Wildman–Crippen LogP) is 4.43. The smallest absolute Gasteiger partial charge is 0.122 e. The van der Waals surface area contributed by atoms with Crippen LogP contribution in [0, 0.1) is 6.92 Å². The zero-order valence-corrected chi connectivity index (χ0v) is 10.9. The zero-order chi connectivity index (χ0) is 11.5. The van der Waals surface area contributed by atoms with Crippen molar-refractivity contribution in [3.8, 4) is 16.9 Å². The zero-order valence-electron chi connectivity index (χ0n) is 9.33. The quantitative estimate of drug-likeness (QED) is 0.788. The molecule has 0 atom stereocenters. The van der Waals surface area contributed by atoms with Gasteiger partial charge in [-0.05, 0) is 35.7 Å². The van der Waals surface area contributed by atoms with Crippen molar-refractivity contribution in [1.82, 2.24) is 0 Å². The molecule has 0 radical (unpaired) electrons. The van der Waals surface area contributed by atoms with Crippen LogP contribution in [0.5, 0.6) is 5.75 Å². The normalized spacial score (nSPS) is 10.2. The molecule has 16 heavy (non-hydrogen) atoms. The molecule has 0 unspecified atom stereocenters. The molecule has 0 saturated carbocycles. The Kier molecular flexibility index (Phi) is 3.30. The van der Waals surface area contributed by atoms with Gasteiger partial charge in [-0.2, -0.15) is 0 Å². The summed E-state index contributed by atoms with van der Waals surface area (Å²) in [4.78, 5) is 0. The molecule has 0 N–H and O–H groups in total. The lowest BCUT2D eigenvalue weighted by Gasteiger charge is -2.10. The van der Waals surface area contributed by atoms with Crippen molar-refractivity contribution >= 4 is 15.9 Å². The van der Waals surface area contributed by atoms with Crippen LogP contribution in [0.4, 0.5) is 0 Å². The van der Waals surface area contributed by atoms with Crippen LogP contribution >= 0.6 is 15.9 Å². The predicted molar refractivity (Wildman–Crippen MR) is 70.9 cm³/mol. The van der Waals surface area contributed by atoms with Gasteiger partial charge < -0.3 is 4.74 Å². The fourth-order valence-corrected chi connectivity index (χ4v) is 2.40. The minimum absolute atomic E-state index is 0.919. The molecule has 0 aliphatic carbocycles. The molecule has 0 aliphatic heterocycles. The molecular formula is C14H13BrO. The molecule has 0 fully saturated rings. The fraction of sp³-hybridized carbons (Fsp3) is 0.143. The van der Waals surface area contributed by atoms with Crippen LogP contribution in [0.2, 0.25) is 0 Å². The number of rotatable bonds is 2. The highest BCUT2D eigenvalue weighted by atomic mass is 79.9. The monoisotopic (exact) mass is 276 g/mol. The van der Waals surface area contributed by atoms with Gasteiger partial charge in [0.1, 0.15) is 5.75 Å². The first-order valence-corrected chi connectivity index (χ1v) is 5.91. The third kappa shape index (κ3) is 2.12. The highest BCUT2D eigenvalue weighted by Crippen LogP contribution is 2.33. The summed E-state index contributed by atoms with van der Waals surface area (Å²) < 4.78 is 6.44. The second-order valence-electron chi connectivity index (χ2n) is 3.67. The van der Waals surface area contributed by atoms with E-state index >= 15 is 0 Å². The first-order chi connectivity index (χ1) is 7.72. The molecule has 2 rings (SSSR count). The molecule has 1 nitrogen and oxygen atoms in total. The van der Waals surface area contributed by atoms with Gasteiger partial charge in [0.05, 0.1) is 7.11 Å². The topological polar surface area (TPSA) is 9.23 Å². The van der Waals surface area contributed by atoms with Crippen LogP contribution in [0.25, 0.3) is 11.1 Å². The molecule has 0 heterocycles. The van der Waals surface area contributed by atoms with Crippen LogP contribution in [0.1, 0.15) is 5.56 Å². The number of hydrogen-bond donors (Lipinski definition) is 0. The van der Waals surface area contributed by atoms with E-state index in [2.05, 4.69) is 40.2 Å². The van der Waals surface area contributed by atoms with E-state index in [1.807, 2.05) is 25.1 Å². The molecule has 82 valence electrons. The van der Waals surface area contributed by atoms with Gasteiger partial charge in [-0.3, -0.25) is 0 Å². The maximum Gasteiger partial charge on any atom is 0.122 e. The lowest BCUT2D eigenvalue weighted by Crippen LogP contribution is -1.89. The number of aryl methyl sites for hydroxylation is 1. The van der Waals surface area contributed by atoms with E-state index in [-0.39, 0.29) is 0 Å². The molecule has 0 spiro atoms. The summed E-state index contributed by atoms with van der Waals surface area (Å²) in [5.74, 6) is 0.919. The molecule has 2 aromatic carbocycles. The number of methoxy groups -OCH3 is 1. The Morgan fingerprint density at radius 2 is 1.75 bits per heavy atom. The Morgan fingerprint density at radius 1 is 1.06 bits per heavy atom. The average molecular weight is 277 g/mol. The van der Waals surface area contributed by atoms with Gasteiger partial charge in [-0.25, -0.2) is 0 Å². The Labute approximate surface area is 104 Å². The summed E-state index contributed by atoms with van der Waals surface area (Å²) in [6.07, 6.45) is 0. The standard InChI is InChI=1S/C14H13BrO/c1-10-8-13(15)12(9-14(10)16-2)11-6-4-3-5-7-11/h3-9H,1-2H3. The number of halogens is 1. The third-order valence-corrected chi connectivity index (χ3v) is 3.23. The van der Waals surface area contributed by atoms with Crippen LogP contribution in [-0.4, -0.2) is 7.11 Å². The lowest BCUT2D eigenvalue weighted by atomic mass is 10.0. The van der Waals surface area contributed by atoms with Gasteiger partial charge in [-0.1, -0.05) is 46.3 Å². The molecule has 0 bridgehead atoms. The van der Waals surface area contributed by atoms with Gasteiger partial charge >= 0.3 is 0 Å². The van der Waals surface area contributed by atoms with E-state index in [4.69, 9.17) is 4.74 Å². The van der Waals surface area contributed by atoms with Gasteiger partial charge in [0, 0.05) is 4.47 Å². The SMILES string of the molecule is COc1cc(-c2ccccc2)c(Br)cc1C. The van der Waals surface area contributed by atoms with Crippen LogP contribution in [-0.2, 0) is 0 Å². The second kappa shape index (κ2) is 4.71. The fourth-order valence-electron chi connectivity index (χ4n) is 1.71. The molecule has 0 amide bonds. The van der Waals surface area contributed by atoms with E-state index in [0.717, 1.165) is 21.3 Å². The average Bonchev–Trinajstić information content (AvgIpc) is 2.30. The van der Waals surface area contributed by atoms with Crippen molar-refractivity contribution in [2.24, 2.45) is 0 Å². The number of ether oxygens (including phenoxy) is 1. The van der Waals surface area contributed by atoms with Crippen molar-refractivity contribution in [1.29, 1.82) is 0 Å². The Bertz CT molecular complexity index is 492. The van der Waals surface area contributed by atoms with Gasteiger partial charge in [0.15, 0.2) is 0 Å². The Balaban J connectivity index is 2.57. The van der Waals surface area contributed by atoms with Gasteiger partial charge in [0.25, 0.3) is 0 Å². The van der Waals surface area contributed by atoms with Crippen molar-refractivity contribution in [3.05, 3.63) is 52.5 Å². The maximum atomic E-state index is 5.34. The van der Waals surface area contributed by atoms with E-state index in [1.54, 1.807) is 7.11 Å². The van der Waals surface area contributed by atoms with Crippen molar-refractivity contribution in [2.45, 2.75) is 6.92 Å². The molecule has 0 saturated heterocycles. The minimum Gasteiger partial charge on any atom is -0.496 e. The highest BCUT2D eigenvalue weighted by molar-refractivity contribution is 9.10. The van der Waals surface area contributed by atoms with Crippen LogP contribution in [0.3, 0.4) is 0 Å². The number of benzene rings is 2. The summed E-state index contributed by atoms with van der Waals surface area (Å²) in [5, 5.41) is 0. The first kappa shape index (κ1) is 11.2. The molecule has 2 aromatic rings. The van der Waals surface area contributed by atoms with Gasteiger partial charge in [0.2, 0.25) is 0 Å². The van der Waals surface area contributed by atoms with Crippen LogP contribution < -0.4 is 4.74 Å². The lowest BCUT2D eigenvalue weighted by molar-refractivity contribution is 0.412. The molecule has 0 aliphatic rings. The van der Waals surface area contributed by atoms with Crippen molar-refractivity contribution < 1.29 is 4.74 Å². The van der Waals surface area contributed by atoms with Crippen molar-refractivity contribution in [2.75, 3.05) is 7.11 Å². The van der Waals surface area contributed by atoms with E-state index in [0.29, 0.717) is 0 Å². The first-order valence-electron chi connectivity index (χ1n) is 5.12. The highest BCUT2D eigenvalue weighted by Gasteiger charge is 2.07. The molecule has 2 heteroatoms. The summed E-state index contributed by atoms with van der Waals surface area (Å²) >= 11 is 3.59. The third-order valence-electron chi connectivity index (χ3n) is 2.57. The summed E-state index contributed by atoms with van der Waals surface area (Å²) in [5.41, 5.74) is 3.48. The molecular weight excluding hydrogens is 264 g/mol. The van der Waals surface area contributed by atoms with E-state index in [9.17, 15) is 0 Å². The summed E-state index contributed by atoms with van der Waals surface area (Å²) in [6, 6.07) is 14.4. The minimum atomic E-state index is 0.919. The van der Waals surface area contributed by atoms with Crippen LogP contribution in [0.15, 0.2) is 46.9 Å². The molecule has 0 aromatic heterocycles. The van der Waals surface area contributed by atoms with E-state index in [1.165, 1.54) is 5.56 Å². The summed E-state index contributed by atoms with van der Waals surface area (Å²) in [7, 11) is 1.70. The van der Waals surface area contributed by atoms with Gasteiger partial charge in [-0.15, -0.1) is 0 Å². The largest absolute Gasteiger partial charge is 0.496 e. The van der Waals surface area contributed by atoms with E-state index < -0.39 is 0 Å². The second-order valence-corrected chi connectivity index (χ2v) is 4.52. The Morgan fingerprint density at radius 3 is 2.38 bits per heavy atom.